The molecule has 0 saturated carbocycles. The van der Waals surface area contributed by atoms with E-state index in [1.54, 1.807) is 6.20 Å². The number of ketones is 1. The van der Waals surface area contributed by atoms with Crippen molar-refractivity contribution >= 4 is 41.9 Å². The Hall–Kier alpha value is -0.980. The Morgan fingerprint density at radius 1 is 1.29 bits per heavy atom. The summed E-state index contributed by atoms with van der Waals surface area (Å²) in [5.74, 6) is 0.159. The van der Waals surface area contributed by atoms with Gasteiger partial charge in [0.2, 0.25) is 0 Å². The molecule has 0 bridgehead atoms. The quantitative estimate of drug-likeness (QED) is 0.773. The maximum absolute atomic E-state index is 12.1. The molecule has 0 aliphatic carbocycles. The van der Waals surface area contributed by atoms with Crippen LogP contribution in [0, 0.1) is 0 Å². The van der Waals surface area contributed by atoms with E-state index >= 15 is 0 Å². The molecule has 1 aliphatic rings. The van der Waals surface area contributed by atoms with Gasteiger partial charge in [0.15, 0.2) is 10.8 Å². The highest BCUT2D eigenvalue weighted by Crippen LogP contribution is 2.13. The highest BCUT2D eigenvalue weighted by atomic mass is 35.5. The normalized spacial score (nSPS) is 17.6. The van der Waals surface area contributed by atoms with Gasteiger partial charge in [-0.2, -0.15) is 0 Å². The van der Waals surface area contributed by atoms with Crippen LogP contribution in [0.3, 0.4) is 0 Å². The van der Waals surface area contributed by atoms with E-state index in [0.29, 0.717) is 17.5 Å². The van der Waals surface area contributed by atoms with Crippen LogP contribution >= 0.6 is 36.2 Å². The minimum absolute atomic E-state index is 0. The first kappa shape index (κ1) is 21.1. The number of carbonyl (C=O) groups is 1. The molecule has 1 N–H and O–H groups in total. The molecule has 1 aromatic carbocycles. The smallest absolute Gasteiger partial charge is 0.192 e. The molecule has 2 heterocycles. The van der Waals surface area contributed by atoms with Gasteiger partial charge in [-0.25, -0.2) is 4.98 Å². The highest BCUT2D eigenvalue weighted by molar-refractivity contribution is 7.11. The average Bonchev–Trinajstić information content (AvgIpc) is 3.09. The minimum Gasteiger partial charge on any atom is -0.314 e. The van der Waals surface area contributed by atoms with E-state index in [1.165, 1.54) is 16.9 Å². The fourth-order valence-electron chi connectivity index (χ4n) is 2.90. The summed E-state index contributed by atoms with van der Waals surface area (Å²) in [6.45, 7) is 3.80. The molecule has 1 fully saturated rings. The number of nitrogens with one attached hydrogen (secondary N) is 1. The third kappa shape index (κ3) is 5.83. The van der Waals surface area contributed by atoms with Crippen LogP contribution in [0.5, 0.6) is 0 Å². The average molecular weight is 388 g/mol. The molecule has 0 radical (unpaired) electrons. The van der Waals surface area contributed by atoms with Crippen LogP contribution in [0.25, 0.3) is 0 Å². The second-order valence-electron chi connectivity index (χ2n) is 5.59. The van der Waals surface area contributed by atoms with Crippen molar-refractivity contribution in [2.24, 2.45) is 0 Å². The van der Waals surface area contributed by atoms with Gasteiger partial charge in [-0.3, -0.25) is 9.69 Å². The third-order valence-corrected chi connectivity index (χ3v) is 4.90. The molecule has 1 atom stereocenters. The fourth-order valence-corrected chi connectivity index (χ4v) is 3.50. The fraction of sp³-hybridized carbons (Fsp3) is 0.412. The topological polar surface area (TPSA) is 45.2 Å². The molecule has 0 amide bonds. The Labute approximate surface area is 159 Å². The zero-order chi connectivity index (χ0) is 15.2. The lowest BCUT2D eigenvalue weighted by Crippen LogP contribution is -2.52. The highest BCUT2D eigenvalue weighted by Gasteiger charge is 2.23. The summed E-state index contributed by atoms with van der Waals surface area (Å²) in [5.41, 5.74) is 1.35. The number of benzene rings is 1. The zero-order valence-electron chi connectivity index (χ0n) is 13.4. The van der Waals surface area contributed by atoms with E-state index in [0.717, 1.165) is 32.6 Å². The maximum Gasteiger partial charge on any atom is 0.192 e. The predicted octanol–water partition coefficient (Wildman–Crippen LogP) is 3.08. The number of thiazole rings is 1. The van der Waals surface area contributed by atoms with Crippen molar-refractivity contribution in [1.82, 2.24) is 15.2 Å². The van der Waals surface area contributed by atoms with Crippen LogP contribution in [-0.2, 0) is 6.42 Å². The summed E-state index contributed by atoms with van der Waals surface area (Å²) < 4.78 is 0. The molecular weight excluding hydrogens is 365 g/mol. The lowest BCUT2D eigenvalue weighted by atomic mass is 10.0. The monoisotopic (exact) mass is 387 g/mol. The molecule has 7 heteroatoms. The van der Waals surface area contributed by atoms with Crippen LogP contribution < -0.4 is 5.32 Å². The first-order valence-corrected chi connectivity index (χ1v) is 8.62. The zero-order valence-corrected chi connectivity index (χ0v) is 15.8. The van der Waals surface area contributed by atoms with Gasteiger partial charge in [0.1, 0.15) is 0 Å². The van der Waals surface area contributed by atoms with E-state index in [2.05, 4.69) is 39.5 Å². The lowest BCUT2D eigenvalue weighted by molar-refractivity contribution is 0.0935. The molecule has 132 valence electrons. The molecule has 1 unspecified atom stereocenters. The number of hydrogen-bond donors (Lipinski definition) is 1. The molecule has 3 rings (SSSR count). The van der Waals surface area contributed by atoms with E-state index in [-0.39, 0.29) is 30.6 Å². The molecule has 1 saturated heterocycles. The lowest BCUT2D eigenvalue weighted by Gasteiger charge is -2.36. The number of Topliss-reactive ketones (excluding diaryl/α,β-unsaturated/α-hetero) is 1. The SMILES string of the molecule is Cl.Cl.O=C(CCN1CCNCC1Cc1ccccc1)c1nccs1. The maximum atomic E-state index is 12.1. The van der Waals surface area contributed by atoms with Gasteiger partial charge in [-0.15, -0.1) is 36.2 Å². The molecule has 4 nitrogen and oxygen atoms in total. The molecular formula is C17H23Cl2N3OS. The Balaban J connectivity index is 0.00000144. The van der Waals surface area contributed by atoms with Crippen molar-refractivity contribution in [2.45, 2.75) is 18.9 Å². The van der Waals surface area contributed by atoms with Gasteiger partial charge in [0, 0.05) is 50.2 Å². The summed E-state index contributed by atoms with van der Waals surface area (Å²) in [7, 11) is 0. The van der Waals surface area contributed by atoms with Crippen LogP contribution in [0.2, 0.25) is 0 Å². The number of aromatic nitrogens is 1. The second-order valence-corrected chi connectivity index (χ2v) is 6.49. The van der Waals surface area contributed by atoms with Gasteiger partial charge in [0.25, 0.3) is 0 Å². The van der Waals surface area contributed by atoms with Crippen molar-refractivity contribution in [3.63, 3.8) is 0 Å². The third-order valence-electron chi connectivity index (χ3n) is 4.08. The first-order chi connectivity index (χ1) is 10.8. The van der Waals surface area contributed by atoms with Gasteiger partial charge in [-0.05, 0) is 12.0 Å². The summed E-state index contributed by atoms with van der Waals surface area (Å²) in [4.78, 5) is 18.7. The van der Waals surface area contributed by atoms with Gasteiger partial charge >= 0.3 is 0 Å². The molecule has 0 spiro atoms. The number of halogens is 2. The van der Waals surface area contributed by atoms with Crippen LogP contribution in [0.1, 0.15) is 21.8 Å². The van der Waals surface area contributed by atoms with Crippen molar-refractivity contribution in [2.75, 3.05) is 26.2 Å². The Bertz CT molecular complexity index is 595. The van der Waals surface area contributed by atoms with Gasteiger partial charge in [0.05, 0.1) is 0 Å². The minimum atomic E-state index is 0. The van der Waals surface area contributed by atoms with Crippen LogP contribution in [0.4, 0.5) is 0 Å². The van der Waals surface area contributed by atoms with Crippen molar-refractivity contribution in [3.8, 4) is 0 Å². The van der Waals surface area contributed by atoms with E-state index in [1.807, 2.05) is 11.4 Å². The van der Waals surface area contributed by atoms with Crippen LogP contribution in [-0.4, -0.2) is 47.9 Å². The number of rotatable bonds is 6. The first-order valence-electron chi connectivity index (χ1n) is 7.74. The molecule has 1 aromatic heterocycles. The Morgan fingerprint density at radius 2 is 2.08 bits per heavy atom. The summed E-state index contributed by atoms with van der Waals surface area (Å²) >= 11 is 1.43. The number of piperazine rings is 1. The van der Waals surface area contributed by atoms with Crippen molar-refractivity contribution in [1.29, 1.82) is 0 Å². The number of nitrogens with zero attached hydrogens (tertiary/aromatic N) is 2. The summed E-state index contributed by atoms with van der Waals surface area (Å²) in [5, 5.41) is 5.95. The number of hydrogen-bond acceptors (Lipinski definition) is 5. The predicted molar refractivity (Wildman–Crippen MR) is 104 cm³/mol. The molecule has 2 aromatic rings. The standard InChI is InChI=1S/C17H21N3OS.2ClH/c21-16(17-19-8-11-22-17)6-9-20-10-7-18-13-15(20)12-14-4-2-1-3-5-14;;/h1-5,8,11,15,18H,6-7,9-10,12-13H2;2*1H. The van der Waals surface area contributed by atoms with Gasteiger partial charge in [-0.1, -0.05) is 30.3 Å². The van der Waals surface area contributed by atoms with E-state index in [9.17, 15) is 4.79 Å². The van der Waals surface area contributed by atoms with Crippen LogP contribution in [0.15, 0.2) is 41.9 Å². The molecule has 24 heavy (non-hydrogen) atoms. The van der Waals surface area contributed by atoms with Crippen molar-refractivity contribution in [3.05, 3.63) is 52.5 Å². The Morgan fingerprint density at radius 3 is 2.79 bits per heavy atom. The largest absolute Gasteiger partial charge is 0.314 e. The second kappa shape index (κ2) is 10.8. The van der Waals surface area contributed by atoms with E-state index < -0.39 is 0 Å². The Kier molecular flexibility index (Phi) is 9.48. The van der Waals surface area contributed by atoms with Gasteiger partial charge < -0.3 is 5.32 Å². The molecule has 1 aliphatic heterocycles. The number of carbonyl (C=O) groups excluding carboxylic acids is 1. The van der Waals surface area contributed by atoms with Crippen molar-refractivity contribution < 1.29 is 4.79 Å². The summed E-state index contributed by atoms with van der Waals surface area (Å²) in [6.07, 6.45) is 3.28. The van der Waals surface area contributed by atoms with E-state index in [4.69, 9.17) is 0 Å². The summed E-state index contributed by atoms with van der Waals surface area (Å²) in [6, 6.07) is 11.0.